The highest BCUT2D eigenvalue weighted by atomic mass is 19.4. The number of amides is 2. The van der Waals surface area contributed by atoms with E-state index in [2.05, 4.69) is 15.3 Å². The standard InChI is InChI=1S/C28H24F4N4O4/c1-14-9-17(10-16-7-8-34-21(14)16)24(37)35-12-27(39,28(30,31)32)20-11-19-23(40-13-26(19,2)25(33)38)22(36-20)15-3-5-18(29)6-4-15/h3-11,34,39H,12-13H2,1-2H3,(H2,33,38)(H,35,37)/t26-,27?/m0/s1. The summed E-state index contributed by atoms with van der Waals surface area (Å²) in [6, 6.07) is 10.4. The average molecular weight is 557 g/mol. The average Bonchev–Trinajstić information content (AvgIpc) is 3.52. The minimum absolute atomic E-state index is 0.0134. The number of carbonyl (C=O) groups is 2. The number of aromatic amines is 1. The number of hydrogen-bond acceptors (Lipinski definition) is 5. The van der Waals surface area contributed by atoms with Crippen molar-refractivity contribution in [1.29, 1.82) is 0 Å². The maximum absolute atomic E-state index is 14.5. The van der Waals surface area contributed by atoms with Gasteiger partial charge in [-0.1, -0.05) is 0 Å². The molecule has 0 radical (unpaired) electrons. The molecule has 0 spiro atoms. The molecule has 2 aromatic carbocycles. The largest absolute Gasteiger partial charge is 0.489 e. The summed E-state index contributed by atoms with van der Waals surface area (Å²) in [6.07, 6.45) is -3.64. The molecule has 8 nitrogen and oxygen atoms in total. The van der Waals surface area contributed by atoms with Gasteiger partial charge < -0.3 is 25.9 Å². The first-order valence-electron chi connectivity index (χ1n) is 12.1. The lowest BCUT2D eigenvalue weighted by Gasteiger charge is -2.31. The van der Waals surface area contributed by atoms with E-state index in [1.54, 1.807) is 19.2 Å². The zero-order chi connectivity index (χ0) is 29.0. The van der Waals surface area contributed by atoms with Crippen LogP contribution in [-0.2, 0) is 15.8 Å². The van der Waals surface area contributed by atoms with E-state index in [9.17, 15) is 32.3 Å². The summed E-state index contributed by atoms with van der Waals surface area (Å²) in [7, 11) is 0. The van der Waals surface area contributed by atoms with Gasteiger partial charge in [0.1, 0.15) is 29.3 Å². The van der Waals surface area contributed by atoms with E-state index in [0.717, 1.165) is 23.7 Å². The molecule has 1 aliphatic heterocycles. The molecule has 0 aliphatic carbocycles. The number of pyridine rings is 1. The first-order chi connectivity index (χ1) is 18.7. The summed E-state index contributed by atoms with van der Waals surface area (Å²) >= 11 is 0. The second-order valence-corrected chi connectivity index (χ2v) is 10.0. The van der Waals surface area contributed by atoms with Crippen molar-refractivity contribution >= 4 is 22.7 Å². The number of primary amides is 1. The molecule has 0 saturated carbocycles. The van der Waals surface area contributed by atoms with Crippen molar-refractivity contribution in [2.24, 2.45) is 5.73 Å². The van der Waals surface area contributed by atoms with Gasteiger partial charge in [0.25, 0.3) is 5.91 Å². The second-order valence-electron chi connectivity index (χ2n) is 10.0. The molecule has 0 fully saturated rings. The van der Waals surface area contributed by atoms with Crippen molar-refractivity contribution in [1.82, 2.24) is 15.3 Å². The van der Waals surface area contributed by atoms with E-state index in [4.69, 9.17) is 10.5 Å². The molecule has 0 saturated heterocycles. The van der Waals surface area contributed by atoms with Gasteiger partial charge in [-0.05, 0) is 67.9 Å². The topological polar surface area (TPSA) is 130 Å². The lowest BCUT2D eigenvalue weighted by Crippen LogP contribution is -2.51. The number of carbonyl (C=O) groups excluding carboxylic acids is 2. The Labute approximate surface area is 225 Å². The number of aliphatic hydroxyl groups is 1. The SMILES string of the molecule is Cc1cc(C(=O)NCC(O)(c2cc3c(c(-c4ccc(F)cc4)n2)OC[C@]3(C)C(N)=O)C(F)(F)F)cc2cc[nH]c12. The Bertz CT molecular complexity index is 1650. The van der Waals surface area contributed by atoms with E-state index < -0.39 is 47.1 Å². The maximum Gasteiger partial charge on any atom is 0.424 e. The quantitative estimate of drug-likeness (QED) is 0.267. The maximum atomic E-state index is 14.5. The molecular formula is C28H24F4N4O4. The zero-order valence-electron chi connectivity index (χ0n) is 21.3. The monoisotopic (exact) mass is 556 g/mol. The van der Waals surface area contributed by atoms with E-state index in [1.807, 2.05) is 0 Å². The number of nitrogens with two attached hydrogens (primary N) is 1. The third-order valence-corrected chi connectivity index (χ3v) is 7.25. The molecule has 0 bridgehead atoms. The van der Waals surface area contributed by atoms with Gasteiger partial charge in [0.05, 0.1) is 12.2 Å². The minimum Gasteiger partial charge on any atom is -0.489 e. The van der Waals surface area contributed by atoms with Gasteiger partial charge in [0.2, 0.25) is 11.5 Å². The lowest BCUT2D eigenvalue weighted by molar-refractivity contribution is -0.265. The highest BCUT2D eigenvalue weighted by molar-refractivity contribution is 5.99. The predicted molar refractivity (Wildman–Crippen MR) is 137 cm³/mol. The predicted octanol–water partition coefficient (Wildman–Crippen LogP) is 3.99. The number of benzene rings is 2. The number of nitrogens with zero attached hydrogens (tertiary/aromatic N) is 1. The molecule has 12 heteroatoms. The number of hydrogen-bond donors (Lipinski definition) is 4. The zero-order valence-corrected chi connectivity index (χ0v) is 21.3. The number of aromatic nitrogens is 2. The van der Waals surface area contributed by atoms with Crippen LogP contribution >= 0.6 is 0 Å². The van der Waals surface area contributed by atoms with Crippen molar-refractivity contribution in [2.45, 2.75) is 31.0 Å². The molecule has 5 N–H and O–H groups in total. The molecule has 2 amide bonds. The molecule has 40 heavy (non-hydrogen) atoms. The highest BCUT2D eigenvalue weighted by Gasteiger charge is 2.57. The molecular weight excluding hydrogens is 532 g/mol. The molecule has 1 aliphatic rings. The van der Waals surface area contributed by atoms with Crippen LogP contribution in [0, 0.1) is 12.7 Å². The van der Waals surface area contributed by atoms with E-state index >= 15 is 0 Å². The van der Waals surface area contributed by atoms with Gasteiger partial charge in [-0.25, -0.2) is 9.37 Å². The Balaban J connectivity index is 1.60. The van der Waals surface area contributed by atoms with E-state index in [1.165, 1.54) is 31.2 Å². The van der Waals surface area contributed by atoms with Gasteiger partial charge in [-0.2, -0.15) is 13.2 Å². The Morgan fingerprint density at radius 2 is 1.88 bits per heavy atom. The third-order valence-electron chi connectivity index (χ3n) is 7.25. The number of alkyl halides is 3. The van der Waals surface area contributed by atoms with Gasteiger partial charge in [0.15, 0.2) is 0 Å². The second kappa shape index (κ2) is 9.33. The number of halogens is 4. The van der Waals surface area contributed by atoms with Gasteiger partial charge in [-0.3, -0.25) is 9.59 Å². The van der Waals surface area contributed by atoms with Crippen molar-refractivity contribution in [3.8, 4) is 17.0 Å². The molecule has 208 valence electrons. The molecule has 3 heterocycles. The molecule has 2 atom stereocenters. The number of rotatable bonds is 6. The van der Waals surface area contributed by atoms with Crippen LogP contribution in [0.25, 0.3) is 22.2 Å². The fraction of sp³-hybridized carbons (Fsp3) is 0.250. The molecule has 5 rings (SSSR count). The van der Waals surface area contributed by atoms with Crippen molar-refractivity contribution < 1.29 is 37.0 Å². The van der Waals surface area contributed by atoms with Gasteiger partial charge in [-0.15, -0.1) is 0 Å². The highest BCUT2D eigenvalue weighted by Crippen LogP contribution is 2.47. The van der Waals surface area contributed by atoms with Crippen LogP contribution in [-0.4, -0.2) is 46.2 Å². The summed E-state index contributed by atoms with van der Waals surface area (Å²) in [5.41, 5.74) is 1.04. The summed E-state index contributed by atoms with van der Waals surface area (Å²) in [6.45, 7) is 1.57. The van der Waals surface area contributed by atoms with Crippen LogP contribution in [0.2, 0.25) is 0 Å². The van der Waals surface area contributed by atoms with E-state index in [-0.39, 0.29) is 34.7 Å². The molecule has 4 aromatic rings. The Kier molecular flexibility index (Phi) is 6.33. The van der Waals surface area contributed by atoms with Gasteiger partial charge in [0, 0.05) is 33.8 Å². The Morgan fingerprint density at radius 3 is 2.52 bits per heavy atom. The van der Waals surface area contributed by atoms with E-state index in [0.29, 0.717) is 10.9 Å². The van der Waals surface area contributed by atoms with Crippen LogP contribution < -0.4 is 15.8 Å². The smallest absolute Gasteiger partial charge is 0.424 e. The van der Waals surface area contributed by atoms with Crippen molar-refractivity contribution in [3.05, 3.63) is 82.9 Å². The third kappa shape index (κ3) is 4.34. The van der Waals surface area contributed by atoms with Crippen molar-refractivity contribution in [2.75, 3.05) is 13.2 Å². The normalized spacial score (nSPS) is 18.2. The van der Waals surface area contributed by atoms with Crippen molar-refractivity contribution in [3.63, 3.8) is 0 Å². The van der Waals surface area contributed by atoms with Gasteiger partial charge >= 0.3 is 6.18 Å². The summed E-state index contributed by atoms with van der Waals surface area (Å²) < 4.78 is 62.9. The first kappa shape index (κ1) is 27.1. The van der Waals surface area contributed by atoms with Crippen LogP contribution in [0.3, 0.4) is 0 Å². The number of aryl methyl sites for hydroxylation is 1. The van der Waals surface area contributed by atoms with Crippen LogP contribution in [0.5, 0.6) is 5.75 Å². The summed E-state index contributed by atoms with van der Waals surface area (Å²) in [5.74, 6) is -2.32. The fourth-order valence-electron chi connectivity index (χ4n) is 4.74. The number of nitrogens with one attached hydrogen (secondary N) is 2. The number of ether oxygens (including phenoxy) is 1. The summed E-state index contributed by atoms with van der Waals surface area (Å²) in [5, 5.41) is 14.0. The number of H-pyrrole nitrogens is 1. The first-order valence-corrected chi connectivity index (χ1v) is 12.1. The minimum atomic E-state index is -5.31. The van der Waals surface area contributed by atoms with Crippen LogP contribution in [0.15, 0.2) is 54.7 Å². The fourth-order valence-corrected chi connectivity index (χ4v) is 4.74. The Hall–Kier alpha value is -4.45. The number of fused-ring (bicyclic) bond motifs is 2. The van der Waals surface area contributed by atoms with Crippen LogP contribution in [0.1, 0.15) is 34.1 Å². The Morgan fingerprint density at radius 1 is 1.18 bits per heavy atom. The molecule has 1 unspecified atom stereocenters. The van der Waals surface area contributed by atoms with Crippen LogP contribution in [0.4, 0.5) is 17.6 Å². The molecule has 2 aromatic heterocycles. The summed E-state index contributed by atoms with van der Waals surface area (Å²) in [4.78, 5) is 32.4. The lowest BCUT2D eigenvalue weighted by atomic mass is 9.81.